The van der Waals surface area contributed by atoms with Crippen LogP contribution in [0.2, 0.25) is 0 Å². The molecule has 1 unspecified atom stereocenters. The molecule has 1 aliphatic rings. The number of benzene rings is 1. The van der Waals surface area contributed by atoms with Gasteiger partial charge in [0.1, 0.15) is 5.82 Å². The highest BCUT2D eigenvalue weighted by molar-refractivity contribution is 5.55. The van der Waals surface area contributed by atoms with Gasteiger partial charge in [-0.15, -0.1) is 0 Å². The third kappa shape index (κ3) is 2.90. The summed E-state index contributed by atoms with van der Waals surface area (Å²) in [6.45, 7) is 6.52. The first-order valence-corrected chi connectivity index (χ1v) is 6.96. The average Bonchev–Trinajstić information content (AvgIpc) is 2.38. The molecule has 1 aliphatic heterocycles. The van der Waals surface area contributed by atoms with E-state index >= 15 is 0 Å². The summed E-state index contributed by atoms with van der Waals surface area (Å²) in [6.07, 6.45) is 0.294. The van der Waals surface area contributed by atoms with E-state index in [1.54, 1.807) is 13.0 Å². The Bertz CT molecular complexity index is 436. The molecule has 0 saturated carbocycles. The highest BCUT2D eigenvalue weighted by Crippen LogP contribution is 2.30. The maximum atomic E-state index is 13.9. The third-order valence-corrected chi connectivity index (χ3v) is 4.04. The van der Waals surface area contributed by atoms with E-state index in [1.165, 1.54) is 6.07 Å². The highest BCUT2D eigenvalue weighted by atomic mass is 19.1. The lowest BCUT2D eigenvalue weighted by Crippen LogP contribution is -2.51. The van der Waals surface area contributed by atoms with Gasteiger partial charge in [-0.3, -0.25) is 4.90 Å². The van der Waals surface area contributed by atoms with Crippen LogP contribution in [0.3, 0.4) is 0 Å². The second-order valence-corrected chi connectivity index (χ2v) is 5.34. The first-order chi connectivity index (χ1) is 9.04. The Morgan fingerprint density at radius 3 is 2.79 bits per heavy atom. The van der Waals surface area contributed by atoms with Gasteiger partial charge in [-0.25, -0.2) is 4.39 Å². The summed E-state index contributed by atoms with van der Waals surface area (Å²) in [5.74, 6) is -0.320. The molecule has 0 radical (unpaired) electrons. The molecule has 4 heteroatoms. The van der Waals surface area contributed by atoms with Gasteiger partial charge in [-0.05, 0) is 32.5 Å². The number of hydrogen-bond acceptors (Lipinski definition) is 3. The summed E-state index contributed by atoms with van der Waals surface area (Å²) in [6, 6.07) is 5.52. The molecule has 2 atom stereocenters. The van der Waals surface area contributed by atoms with Crippen molar-refractivity contribution in [3.05, 3.63) is 29.6 Å². The van der Waals surface area contributed by atoms with Crippen LogP contribution in [0.25, 0.3) is 0 Å². The second kappa shape index (κ2) is 5.88. The summed E-state index contributed by atoms with van der Waals surface area (Å²) in [7, 11) is 2.13. The molecule has 1 aromatic carbocycles. The van der Waals surface area contributed by atoms with Gasteiger partial charge in [-0.2, -0.15) is 0 Å². The van der Waals surface area contributed by atoms with Crippen molar-refractivity contribution in [2.45, 2.75) is 32.4 Å². The van der Waals surface area contributed by atoms with Gasteiger partial charge in [0, 0.05) is 36.9 Å². The minimum Gasteiger partial charge on any atom is -0.389 e. The second-order valence-electron chi connectivity index (χ2n) is 5.34. The first-order valence-electron chi connectivity index (χ1n) is 6.96. The monoisotopic (exact) mass is 266 g/mol. The van der Waals surface area contributed by atoms with Crippen molar-refractivity contribution in [3.8, 4) is 0 Å². The van der Waals surface area contributed by atoms with Gasteiger partial charge in [0.2, 0.25) is 0 Å². The van der Waals surface area contributed by atoms with E-state index in [4.69, 9.17) is 0 Å². The predicted octanol–water partition coefficient (Wildman–Crippen LogP) is 2.41. The minimum atomic E-state index is -0.782. The molecule has 1 fully saturated rings. The van der Waals surface area contributed by atoms with Crippen LogP contribution in [0, 0.1) is 5.82 Å². The van der Waals surface area contributed by atoms with Crippen molar-refractivity contribution in [2.75, 3.05) is 31.6 Å². The maximum Gasteiger partial charge on any atom is 0.131 e. The van der Waals surface area contributed by atoms with E-state index in [-0.39, 0.29) is 5.82 Å². The van der Waals surface area contributed by atoms with Crippen LogP contribution in [0.4, 0.5) is 10.1 Å². The number of nitrogens with zero attached hydrogens (tertiary/aromatic N) is 2. The van der Waals surface area contributed by atoms with Crippen molar-refractivity contribution in [1.29, 1.82) is 0 Å². The third-order valence-electron chi connectivity index (χ3n) is 4.04. The number of aliphatic hydroxyl groups excluding tert-OH is 1. The Labute approximate surface area is 114 Å². The van der Waals surface area contributed by atoms with Crippen LogP contribution in [-0.4, -0.2) is 42.7 Å². The number of aliphatic hydroxyl groups is 1. The van der Waals surface area contributed by atoms with E-state index in [1.807, 2.05) is 6.07 Å². The minimum absolute atomic E-state index is 0.320. The van der Waals surface area contributed by atoms with E-state index in [2.05, 4.69) is 23.8 Å². The normalized spacial score (nSPS) is 22.6. The summed E-state index contributed by atoms with van der Waals surface area (Å²) >= 11 is 0. The fourth-order valence-electron chi connectivity index (χ4n) is 2.82. The van der Waals surface area contributed by atoms with Gasteiger partial charge in [0.05, 0.1) is 6.10 Å². The smallest absolute Gasteiger partial charge is 0.131 e. The zero-order chi connectivity index (χ0) is 14.0. The van der Waals surface area contributed by atoms with Crippen LogP contribution in [0.1, 0.15) is 31.9 Å². The van der Waals surface area contributed by atoms with Gasteiger partial charge in [0.15, 0.2) is 0 Å². The Kier molecular flexibility index (Phi) is 4.42. The molecule has 0 spiro atoms. The van der Waals surface area contributed by atoms with E-state index in [0.29, 0.717) is 11.6 Å². The predicted molar refractivity (Wildman–Crippen MR) is 76.0 cm³/mol. The number of halogens is 1. The van der Waals surface area contributed by atoms with E-state index < -0.39 is 6.10 Å². The summed E-state index contributed by atoms with van der Waals surface area (Å²) in [5.41, 5.74) is 1.25. The molecule has 19 heavy (non-hydrogen) atoms. The zero-order valence-electron chi connectivity index (χ0n) is 11.9. The van der Waals surface area contributed by atoms with Crippen LogP contribution in [-0.2, 0) is 0 Å². The number of piperazine rings is 1. The molecule has 106 valence electrons. The van der Waals surface area contributed by atoms with Crippen LogP contribution in [0.5, 0.6) is 0 Å². The quantitative estimate of drug-likeness (QED) is 0.910. The van der Waals surface area contributed by atoms with Crippen molar-refractivity contribution < 1.29 is 9.50 Å². The van der Waals surface area contributed by atoms with Crippen molar-refractivity contribution in [3.63, 3.8) is 0 Å². The topological polar surface area (TPSA) is 26.7 Å². The molecule has 1 saturated heterocycles. The molecule has 1 N–H and O–H groups in total. The van der Waals surface area contributed by atoms with Crippen LogP contribution < -0.4 is 4.90 Å². The molecular weight excluding hydrogens is 243 g/mol. The van der Waals surface area contributed by atoms with Gasteiger partial charge < -0.3 is 10.0 Å². The Hall–Kier alpha value is -1.13. The highest BCUT2D eigenvalue weighted by Gasteiger charge is 2.26. The number of rotatable bonds is 3. The Balaban J connectivity index is 2.29. The summed E-state index contributed by atoms with van der Waals surface area (Å²) in [5, 5.41) is 9.81. The molecule has 2 rings (SSSR count). The summed E-state index contributed by atoms with van der Waals surface area (Å²) in [4.78, 5) is 4.54. The number of likely N-dealkylation sites (N-methyl/N-ethyl adjacent to an activating group) is 1. The largest absolute Gasteiger partial charge is 0.389 e. The zero-order valence-corrected chi connectivity index (χ0v) is 11.9. The molecule has 3 nitrogen and oxygen atoms in total. The van der Waals surface area contributed by atoms with E-state index in [9.17, 15) is 9.50 Å². The molecule has 1 aromatic rings. The van der Waals surface area contributed by atoms with Crippen LogP contribution >= 0.6 is 0 Å². The number of hydrogen-bond donors (Lipinski definition) is 1. The SMILES string of the molecule is CCC1CN(c2cccc(F)c2[C@H](C)O)CCN1C. The Morgan fingerprint density at radius 1 is 1.42 bits per heavy atom. The molecular formula is C15H23FN2O. The average molecular weight is 266 g/mol. The molecule has 0 bridgehead atoms. The van der Waals surface area contributed by atoms with Gasteiger partial charge >= 0.3 is 0 Å². The van der Waals surface area contributed by atoms with Crippen molar-refractivity contribution in [2.24, 2.45) is 0 Å². The van der Waals surface area contributed by atoms with Crippen molar-refractivity contribution in [1.82, 2.24) is 4.90 Å². The van der Waals surface area contributed by atoms with Crippen molar-refractivity contribution >= 4 is 5.69 Å². The number of anilines is 1. The summed E-state index contributed by atoms with van der Waals surface area (Å²) < 4.78 is 13.9. The first kappa shape index (κ1) is 14.3. The molecule has 1 heterocycles. The lowest BCUT2D eigenvalue weighted by atomic mass is 10.0. The van der Waals surface area contributed by atoms with E-state index in [0.717, 1.165) is 31.7 Å². The fourth-order valence-corrected chi connectivity index (χ4v) is 2.82. The standard InChI is InChI=1S/C15H23FN2O/c1-4-12-10-18(9-8-17(12)3)14-7-5-6-13(16)15(14)11(2)19/h5-7,11-12,19H,4,8-10H2,1-3H3/t11-,12?/m0/s1. The molecule has 0 amide bonds. The fraction of sp³-hybridized carbons (Fsp3) is 0.600. The lowest BCUT2D eigenvalue weighted by molar-refractivity contribution is 0.191. The maximum absolute atomic E-state index is 13.9. The van der Waals surface area contributed by atoms with Gasteiger partial charge in [-0.1, -0.05) is 13.0 Å². The Morgan fingerprint density at radius 2 is 2.16 bits per heavy atom. The molecule has 0 aliphatic carbocycles. The molecule has 0 aromatic heterocycles. The van der Waals surface area contributed by atoms with Gasteiger partial charge in [0.25, 0.3) is 0 Å². The van der Waals surface area contributed by atoms with Crippen LogP contribution in [0.15, 0.2) is 18.2 Å². The lowest BCUT2D eigenvalue weighted by Gasteiger charge is -2.41.